The zero-order valence-electron chi connectivity index (χ0n) is 8.77. The number of piperazine rings is 1. The molecule has 0 spiro atoms. The van der Waals surface area contributed by atoms with E-state index in [1.807, 2.05) is 12.1 Å². The maximum atomic E-state index is 8.67. The number of rotatable bonds is 1. The van der Waals surface area contributed by atoms with Gasteiger partial charge in [0.1, 0.15) is 11.9 Å². The first-order chi connectivity index (χ1) is 7.29. The quantitative estimate of drug-likeness (QED) is 0.730. The first-order valence-electron chi connectivity index (χ1n) is 5.14. The molecule has 0 aliphatic carbocycles. The number of aromatic nitrogens is 1. The summed E-state index contributed by atoms with van der Waals surface area (Å²) >= 11 is 0. The Balaban J connectivity index is 2.12. The summed E-state index contributed by atoms with van der Waals surface area (Å²) in [4.78, 5) is 6.52. The van der Waals surface area contributed by atoms with E-state index in [1.165, 1.54) is 0 Å². The van der Waals surface area contributed by atoms with Crippen molar-refractivity contribution >= 4 is 5.82 Å². The molecule has 0 aromatic carbocycles. The van der Waals surface area contributed by atoms with E-state index in [2.05, 4.69) is 28.2 Å². The van der Waals surface area contributed by atoms with Crippen LogP contribution < -0.4 is 10.2 Å². The van der Waals surface area contributed by atoms with Crippen molar-refractivity contribution in [2.45, 2.75) is 13.0 Å². The summed E-state index contributed by atoms with van der Waals surface area (Å²) < 4.78 is 0. The minimum atomic E-state index is 0.496. The standard InChI is InChI=1S/C11H14N4/c1-9-8-15(5-4-13-9)11-3-2-10(6-12)7-14-11/h2-3,7,9,13H,4-5,8H2,1H3/t9-/m0/s1. The molecule has 1 fully saturated rings. The molecule has 1 aromatic rings. The molecule has 0 amide bonds. The zero-order valence-corrected chi connectivity index (χ0v) is 8.77. The van der Waals surface area contributed by atoms with Crippen molar-refractivity contribution in [3.63, 3.8) is 0 Å². The van der Waals surface area contributed by atoms with Crippen molar-refractivity contribution in [3.05, 3.63) is 23.9 Å². The van der Waals surface area contributed by atoms with Gasteiger partial charge in [0.15, 0.2) is 0 Å². The van der Waals surface area contributed by atoms with Gasteiger partial charge in [-0.2, -0.15) is 5.26 Å². The molecule has 2 rings (SSSR count). The van der Waals surface area contributed by atoms with Gasteiger partial charge in [0, 0.05) is 31.9 Å². The molecule has 1 aromatic heterocycles. The Bertz CT molecular complexity index is 365. The number of hydrogen-bond donors (Lipinski definition) is 1. The predicted molar refractivity (Wildman–Crippen MR) is 58.6 cm³/mol. The molecule has 1 aliphatic heterocycles. The number of nitrogens with zero attached hydrogens (tertiary/aromatic N) is 3. The van der Waals surface area contributed by atoms with E-state index >= 15 is 0 Å². The number of pyridine rings is 1. The largest absolute Gasteiger partial charge is 0.354 e. The number of nitriles is 1. The first-order valence-corrected chi connectivity index (χ1v) is 5.14. The summed E-state index contributed by atoms with van der Waals surface area (Å²) in [5.41, 5.74) is 0.613. The summed E-state index contributed by atoms with van der Waals surface area (Å²) in [5, 5.41) is 12.0. The molecule has 1 N–H and O–H groups in total. The average Bonchev–Trinajstić information content (AvgIpc) is 2.29. The predicted octanol–water partition coefficient (Wildman–Crippen LogP) is 0.751. The van der Waals surface area contributed by atoms with Crippen LogP contribution >= 0.6 is 0 Å². The highest BCUT2D eigenvalue weighted by molar-refractivity contribution is 5.42. The van der Waals surface area contributed by atoms with Crippen molar-refractivity contribution in [3.8, 4) is 6.07 Å². The van der Waals surface area contributed by atoms with Crippen molar-refractivity contribution in [1.82, 2.24) is 10.3 Å². The molecular weight excluding hydrogens is 188 g/mol. The van der Waals surface area contributed by atoms with Gasteiger partial charge >= 0.3 is 0 Å². The lowest BCUT2D eigenvalue weighted by atomic mass is 10.2. The molecule has 0 bridgehead atoms. The van der Waals surface area contributed by atoms with Gasteiger partial charge in [-0.05, 0) is 19.1 Å². The van der Waals surface area contributed by atoms with Gasteiger partial charge in [0.2, 0.25) is 0 Å². The molecule has 0 saturated carbocycles. The Kier molecular flexibility index (Phi) is 2.84. The number of nitrogens with one attached hydrogen (secondary N) is 1. The lowest BCUT2D eigenvalue weighted by Gasteiger charge is -2.32. The second-order valence-corrected chi connectivity index (χ2v) is 3.82. The fourth-order valence-corrected chi connectivity index (χ4v) is 1.78. The highest BCUT2D eigenvalue weighted by atomic mass is 15.2. The van der Waals surface area contributed by atoms with Crippen LogP contribution in [-0.4, -0.2) is 30.7 Å². The van der Waals surface area contributed by atoms with E-state index in [0.29, 0.717) is 11.6 Å². The number of hydrogen-bond acceptors (Lipinski definition) is 4. The van der Waals surface area contributed by atoms with Crippen LogP contribution in [0.3, 0.4) is 0 Å². The smallest absolute Gasteiger partial charge is 0.128 e. The lowest BCUT2D eigenvalue weighted by molar-refractivity contribution is 0.482. The van der Waals surface area contributed by atoms with Gasteiger partial charge in [0.05, 0.1) is 5.56 Å². The Labute approximate surface area is 89.5 Å². The Morgan fingerprint density at radius 1 is 1.60 bits per heavy atom. The van der Waals surface area contributed by atoms with Crippen LogP contribution in [0.4, 0.5) is 5.82 Å². The van der Waals surface area contributed by atoms with Gasteiger partial charge in [0.25, 0.3) is 0 Å². The molecular formula is C11H14N4. The van der Waals surface area contributed by atoms with Gasteiger partial charge in [-0.15, -0.1) is 0 Å². The van der Waals surface area contributed by atoms with Gasteiger partial charge in [-0.25, -0.2) is 4.98 Å². The molecule has 4 nitrogen and oxygen atoms in total. The van der Waals surface area contributed by atoms with E-state index in [-0.39, 0.29) is 0 Å². The van der Waals surface area contributed by atoms with Crippen molar-refractivity contribution < 1.29 is 0 Å². The summed E-state index contributed by atoms with van der Waals surface area (Å²) in [6, 6.07) is 6.30. The maximum Gasteiger partial charge on any atom is 0.128 e. The van der Waals surface area contributed by atoms with E-state index in [9.17, 15) is 0 Å². The van der Waals surface area contributed by atoms with Gasteiger partial charge in [-0.3, -0.25) is 0 Å². The first kappa shape index (κ1) is 9.94. The second-order valence-electron chi connectivity index (χ2n) is 3.82. The summed E-state index contributed by atoms with van der Waals surface area (Å²) in [7, 11) is 0. The molecule has 78 valence electrons. The van der Waals surface area contributed by atoms with Crippen molar-refractivity contribution in [1.29, 1.82) is 5.26 Å². The lowest BCUT2D eigenvalue weighted by Crippen LogP contribution is -2.49. The molecule has 1 aliphatic rings. The van der Waals surface area contributed by atoms with Crippen molar-refractivity contribution in [2.75, 3.05) is 24.5 Å². The molecule has 1 saturated heterocycles. The van der Waals surface area contributed by atoms with Crippen LogP contribution in [0.25, 0.3) is 0 Å². The normalized spacial score (nSPS) is 21.1. The van der Waals surface area contributed by atoms with Gasteiger partial charge < -0.3 is 10.2 Å². The third-order valence-corrected chi connectivity index (χ3v) is 2.57. The van der Waals surface area contributed by atoms with E-state index < -0.39 is 0 Å². The molecule has 2 heterocycles. The summed E-state index contributed by atoms with van der Waals surface area (Å²) in [5.74, 6) is 0.961. The van der Waals surface area contributed by atoms with Crippen LogP contribution in [0, 0.1) is 11.3 Å². The summed E-state index contributed by atoms with van der Waals surface area (Å²) in [6.45, 7) is 5.10. The summed E-state index contributed by atoms with van der Waals surface area (Å²) in [6.07, 6.45) is 1.63. The number of anilines is 1. The van der Waals surface area contributed by atoms with Gasteiger partial charge in [-0.1, -0.05) is 0 Å². The Morgan fingerprint density at radius 2 is 2.47 bits per heavy atom. The molecule has 0 radical (unpaired) electrons. The molecule has 4 heteroatoms. The van der Waals surface area contributed by atoms with Crippen LogP contribution in [0.5, 0.6) is 0 Å². The SMILES string of the molecule is C[C@H]1CN(c2ccc(C#N)cn2)CCN1. The van der Waals surface area contributed by atoms with E-state index in [4.69, 9.17) is 5.26 Å². The van der Waals surface area contributed by atoms with Crippen LogP contribution in [0.1, 0.15) is 12.5 Å². The third-order valence-electron chi connectivity index (χ3n) is 2.57. The van der Waals surface area contributed by atoms with Crippen molar-refractivity contribution in [2.24, 2.45) is 0 Å². The fraction of sp³-hybridized carbons (Fsp3) is 0.455. The maximum absolute atomic E-state index is 8.67. The Morgan fingerprint density at radius 3 is 3.07 bits per heavy atom. The van der Waals surface area contributed by atoms with Crippen LogP contribution in [0.15, 0.2) is 18.3 Å². The second kappa shape index (κ2) is 4.28. The third kappa shape index (κ3) is 2.25. The fourth-order valence-electron chi connectivity index (χ4n) is 1.78. The minimum Gasteiger partial charge on any atom is -0.354 e. The highest BCUT2D eigenvalue weighted by Crippen LogP contribution is 2.12. The minimum absolute atomic E-state index is 0.496. The monoisotopic (exact) mass is 202 g/mol. The molecule has 0 unspecified atom stereocenters. The van der Waals surface area contributed by atoms with E-state index in [0.717, 1.165) is 25.5 Å². The Hall–Kier alpha value is -1.60. The topological polar surface area (TPSA) is 52.0 Å². The van der Waals surface area contributed by atoms with E-state index in [1.54, 1.807) is 6.20 Å². The average molecular weight is 202 g/mol. The van der Waals surface area contributed by atoms with Crippen LogP contribution in [0.2, 0.25) is 0 Å². The highest BCUT2D eigenvalue weighted by Gasteiger charge is 2.16. The van der Waals surface area contributed by atoms with Crippen LogP contribution in [-0.2, 0) is 0 Å². The molecule has 1 atom stereocenters. The molecule has 15 heavy (non-hydrogen) atoms. The zero-order chi connectivity index (χ0) is 10.7.